The molecule has 1 aromatic rings. The zero-order valence-electron chi connectivity index (χ0n) is 12.4. The molecule has 0 aliphatic heterocycles. The monoisotopic (exact) mass is 286 g/mol. The van der Waals surface area contributed by atoms with Crippen molar-refractivity contribution >= 4 is 5.91 Å². The molecule has 1 atom stereocenters. The Hall–Kier alpha value is -1.99. The first-order valence-corrected chi connectivity index (χ1v) is 7.44. The number of carbonyl (C=O) groups is 1. The summed E-state index contributed by atoms with van der Waals surface area (Å²) in [4.78, 5) is 11.5. The van der Waals surface area contributed by atoms with Gasteiger partial charge in [-0.2, -0.15) is 0 Å². The summed E-state index contributed by atoms with van der Waals surface area (Å²) >= 11 is 0. The lowest BCUT2D eigenvalue weighted by atomic mass is 10.1. The second kappa shape index (κ2) is 7.70. The van der Waals surface area contributed by atoms with Gasteiger partial charge in [-0.25, -0.2) is 0 Å². The van der Waals surface area contributed by atoms with Gasteiger partial charge < -0.3 is 15.4 Å². The van der Waals surface area contributed by atoms with Gasteiger partial charge in [-0.05, 0) is 43.0 Å². The number of rotatable bonds is 7. The van der Waals surface area contributed by atoms with Crippen molar-refractivity contribution in [3.05, 3.63) is 29.3 Å². The molecule has 2 N–H and O–H groups in total. The van der Waals surface area contributed by atoms with Crippen molar-refractivity contribution in [3.8, 4) is 18.1 Å². The molecule has 0 saturated heterocycles. The molecule has 0 aromatic heterocycles. The molecule has 0 saturated carbocycles. The number of benzene rings is 1. The first kappa shape index (κ1) is 15.4. The SMILES string of the molecule is C#CCNC(=O)COc1cccc2c1CCC2NCCC. The predicted molar refractivity (Wildman–Crippen MR) is 83.1 cm³/mol. The van der Waals surface area contributed by atoms with E-state index >= 15 is 0 Å². The van der Waals surface area contributed by atoms with Crippen molar-refractivity contribution < 1.29 is 9.53 Å². The Kier molecular flexibility index (Phi) is 5.65. The van der Waals surface area contributed by atoms with Gasteiger partial charge in [0.1, 0.15) is 5.75 Å². The third kappa shape index (κ3) is 3.99. The van der Waals surface area contributed by atoms with Crippen LogP contribution in [0.4, 0.5) is 0 Å². The van der Waals surface area contributed by atoms with Gasteiger partial charge in [-0.3, -0.25) is 4.79 Å². The van der Waals surface area contributed by atoms with Crippen LogP contribution in [-0.4, -0.2) is 25.6 Å². The van der Waals surface area contributed by atoms with E-state index in [1.165, 1.54) is 11.1 Å². The molecule has 1 aromatic carbocycles. The van der Waals surface area contributed by atoms with Gasteiger partial charge in [0.05, 0.1) is 6.54 Å². The van der Waals surface area contributed by atoms with Crippen LogP contribution in [0.5, 0.6) is 5.75 Å². The zero-order chi connectivity index (χ0) is 15.1. The van der Waals surface area contributed by atoms with Crippen molar-refractivity contribution in [1.29, 1.82) is 0 Å². The van der Waals surface area contributed by atoms with E-state index in [0.29, 0.717) is 6.04 Å². The molecule has 1 aliphatic rings. The lowest BCUT2D eigenvalue weighted by Gasteiger charge is -2.14. The highest BCUT2D eigenvalue weighted by Gasteiger charge is 2.24. The molecule has 0 bridgehead atoms. The minimum Gasteiger partial charge on any atom is -0.483 e. The largest absolute Gasteiger partial charge is 0.483 e. The fourth-order valence-corrected chi connectivity index (χ4v) is 2.63. The highest BCUT2D eigenvalue weighted by Crippen LogP contribution is 2.36. The fourth-order valence-electron chi connectivity index (χ4n) is 2.63. The standard InChI is InChI=1S/C17H22N2O2/c1-3-10-18-15-9-8-14-13(15)6-5-7-16(14)21-12-17(20)19-11-4-2/h2,5-7,15,18H,3,8-12H2,1H3,(H,19,20). The van der Waals surface area contributed by atoms with Crippen LogP contribution >= 0.6 is 0 Å². The minimum absolute atomic E-state index is 0.00515. The summed E-state index contributed by atoms with van der Waals surface area (Å²) in [5.41, 5.74) is 2.51. The number of nitrogens with one attached hydrogen (secondary N) is 2. The van der Waals surface area contributed by atoms with Crippen LogP contribution in [0.2, 0.25) is 0 Å². The summed E-state index contributed by atoms with van der Waals surface area (Å²) in [6, 6.07) is 6.45. The highest BCUT2D eigenvalue weighted by molar-refractivity contribution is 5.77. The predicted octanol–water partition coefficient (Wildman–Crippen LogP) is 1.80. The average molecular weight is 286 g/mol. The summed E-state index contributed by atoms with van der Waals surface area (Å²) in [5, 5.41) is 6.15. The van der Waals surface area contributed by atoms with Crippen molar-refractivity contribution in [2.45, 2.75) is 32.2 Å². The molecule has 4 heteroatoms. The van der Waals surface area contributed by atoms with Crippen LogP contribution in [0.15, 0.2) is 18.2 Å². The van der Waals surface area contributed by atoms with Crippen LogP contribution in [0.3, 0.4) is 0 Å². The number of hydrogen-bond acceptors (Lipinski definition) is 3. The maximum absolute atomic E-state index is 11.5. The van der Waals surface area contributed by atoms with E-state index in [9.17, 15) is 4.79 Å². The van der Waals surface area contributed by atoms with Gasteiger partial charge in [-0.15, -0.1) is 6.42 Å². The third-order valence-corrected chi connectivity index (χ3v) is 3.61. The summed E-state index contributed by atoms with van der Waals surface area (Å²) in [6.45, 7) is 3.42. The number of terminal acetylenes is 1. The second-order valence-electron chi connectivity index (χ2n) is 5.14. The van der Waals surface area contributed by atoms with Gasteiger partial charge in [0, 0.05) is 6.04 Å². The van der Waals surface area contributed by atoms with Crippen LogP contribution in [0, 0.1) is 12.3 Å². The maximum Gasteiger partial charge on any atom is 0.258 e. The van der Waals surface area contributed by atoms with Gasteiger partial charge in [-0.1, -0.05) is 25.0 Å². The highest BCUT2D eigenvalue weighted by atomic mass is 16.5. The first-order valence-electron chi connectivity index (χ1n) is 7.44. The third-order valence-electron chi connectivity index (χ3n) is 3.61. The lowest BCUT2D eigenvalue weighted by molar-refractivity contribution is -0.122. The Morgan fingerprint density at radius 1 is 1.52 bits per heavy atom. The quantitative estimate of drug-likeness (QED) is 0.752. The molecule has 4 nitrogen and oxygen atoms in total. The van der Waals surface area contributed by atoms with Crippen LogP contribution in [-0.2, 0) is 11.2 Å². The van der Waals surface area contributed by atoms with Crippen LogP contribution in [0.1, 0.15) is 36.9 Å². The smallest absolute Gasteiger partial charge is 0.258 e. The molecule has 2 rings (SSSR count). The van der Waals surface area contributed by atoms with Crippen molar-refractivity contribution in [2.75, 3.05) is 19.7 Å². The van der Waals surface area contributed by atoms with E-state index in [2.05, 4.69) is 29.5 Å². The summed E-state index contributed by atoms with van der Waals surface area (Å²) < 4.78 is 5.65. The Morgan fingerprint density at radius 3 is 3.14 bits per heavy atom. The molecule has 0 fully saturated rings. The average Bonchev–Trinajstić information content (AvgIpc) is 2.92. The van der Waals surface area contributed by atoms with Gasteiger partial charge in [0.15, 0.2) is 6.61 Å². The van der Waals surface area contributed by atoms with Crippen LogP contribution in [0.25, 0.3) is 0 Å². The molecule has 0 radical (unpaired) electrons. The molecule has 1 unspecified atom stereocenters. The van der Waals surface area contributed by atoms with Gasteiger partial charge >= 0.3 is 0 Å². The molecule has 112 valence electrons. The zero-order valence-corrected chi connectivity index (χ0v) is 12.4. The van der Waals surface area contributed by atoms with E-state index in [-0.39, 0.29) is 19.1 Å². The van der Waals surface area contributed by atoms with E-state index < -0.39 is 0 Å². The fraction of sp³-hybridized carbons (Fsp3) is 0.471. The number of carbonyl (C=O) groups excluding carboxylic acids is 1. The number of ether oxygens (including phenoxy) is 1. The minimum atomic E-state index is -0.191. The maximum atomic E-state index is 11.5. The molecule has 0 spiro atoms. The van der Waals surface area contributed by atoms with E-state index in [0.717, 1.165) is 31.6 Å². The van der Waals surface area contributed by atoms with Gasteiger partial charge in [0.2, 0.25) is 0 Å². The Balaban J connectivity index is 1.98. The molecule has 0 heterocycles. The molecular formula is C17H22N2O2. The first-order chi connectivity index (χ1) is 10.3. The van der Waals surface area contributed by atoms with Crippen LogP contribution < -0.4 is 15.4 Å². The molecule has 21 heavy (non-hydrogen) atoms. The molecule has 1 amide bonds. The summed E-state index contributed by atoms with van der Waals surface area (Å²) in [7, 11) is 0. The van der Waals surface area contributed by atoms with Gasteiger partial charge in [0.25, 0.3) is 5.91 Å². The topological polar surface area (TPSA) is 50.4 Å². The number of hydrogen-bond donors (Lipinski definition) is 2. The van der Waals surface area contributed by atoms with E-state index in [1.54, 1.807) is 0 Å². The molecule has 1 aliphatic carbocycles. The van der Waals surface area contributed by atoms with Crippen molar-refractivity contribution in [3.63, 3.8) is 0 Å². The summed E-state index contributed by atoms with van der Waals surface area (Å²) in [5.74, 6) is 2.99. The number of amides is 1. The molecular weight excluding hydrogens is 264 g/mol. The Labute approximate surface area is 126 Å². The lowest BCUT2D eigenvalue weighted by Crippen LogP contribution is -2.29. The number of fused-ring (bicyclic) bond motifs is 1. The Bertz CT molecular complexity index is 534. The van der Waals surface area contributed by atoms with E-state index in [1.807, 2.05) is 12.1 Å². The summed E-state index contributed by atoms with van der Waals surface area (Å²) in [6.07, 6.45) is 8.29. The Morgan fingerprint density at radius 2 is 2.38 bits per heavy atom. The van der Waals surface area contributed by atoms with E-state index in [4.69, 9.17) is 11.2 Å². The van der Waals surface area contributed by atoms with Crippen molar-refractivity contribution in [2.24, 2.45) is 0 Å². The van der Waals surface area contributed by atoms with Crippen molar-refractivity contribution in [1.82, 2.24) is 10.6 Å². The second-order valence-corrected chi connectivity index (χ2v) is 5.14. The normalized spacial score (nSPS) is 16.1.